The lowest BCUT2D eigenvalue weighted by atomic mass is 10.1. The molecule has 0 aliphatic rings. The van der Waals surface area contributed by atoms with E-state index in [1.54, 1.807) is 0 Å². The summed E-state index contributed by atoms with van der Waals surface area (Å²) in [4.78, 5) is 11.3. The molecule has 2 N–H and O–H groups in total. The Hall–Kier alpha value is -1.55. The summed E-state index contributed by atoms with van der Waals surface area (Å²) in [6, 6.07) is 4.34. The molecule has 4 nitrogen and oxygen atoms in total. The van der Waals surface area contributed by atoms with E-state index >= 15 is 0 Å². The predicted octanol–water partition coefficient (Wildman–Crippen LogP) is 0.966. The van der Waals surface area contributed by atoms with Crippen LogP contribution in [0.5, 0.6) is 11.5 Å². The molecule has 0 aromatic heterocycles. The van der Waals surface area contributed by atoms with Crippen LogP contribution in [0, 0.1) is 0 Å². The third kappa shape index (κ3) is 2.23. The zero-order valence-electron chi connectivity index (χ0n) is 7.86. The third-order valence-corrected chi connectivity index (χ3v) is 1.84. The first kappa shape index (κ1) is 10.5. The second-order valence-electron chi connectivity index (χ2n) is 2.78. The molecule has 0 aliphatic heterocycles. The molecule has 0 saturated carbocycles. The molecular weight excluding hydrogens is 184 g/mol. The molecule has 0 atom stereocenters. The van der Waals surface area contributed by atoms with Crippen LogP contribution in [0.4, 0.5) is 0 Å². The highest BCUT2D eigenvalue weighted by Gasteiger charge is 2.08. The molecular formula is C10H12O4. The zero-order chi connectivity index (χ0) is 10.6. The van der Waals surface area contributed by atoms with Crippen molar-refractivity contribution in [2.24, 2.45) is 0 Å². The van der Waals surface area contributed by atoms with Gasteiger partial charge in [-0.05, 0) is 18.2 Å². The molecule has 0 radical (unpaired) electrons. The number of ether oxygens (including phenoxy) is 1. The minimum absolute atomic E-state index is 0.00644. The monoisotopic (exact) mass is 196 g/mol. The van der Waals surface area contributed by atoms with Gasteiger partial charge in [0.15, 0.2) is 17.3 Å². The fourth-order valence-electron chi connectivity index (χ4n) is 1.10. The van der Waals surface area contributed by atoms with Crippen molar-refractivity contribution in [1.29, 1.82) is 0 Å². The summed E-state index contributed by atoms with van der Waals surface area (Å²) in [7, 11) is 1.41. The molecule has 0 unspecified atom stereocenters. The molecule has 1 aromatic carbocycles. The number of benzene rings is 1. The molecule has 4 heteroatoms. The maximum absolute atomic E-state index is 11.3. The van der Waals surface area contributed by atoms with Crippen molar-refractivity contribution in [2.75, 3.05) is 13.7 Å². The molecule has 0 spiro atoms. The Bertz CT molecular complexity index is 333. The Kier molecular flexibility index (Phi) is 3.48. The van der Waals surface area contributed by atoms with Gasteiger partial charge >= 0.3 is 0 Å². The van der Waals surface area contributed by atoms with Crippen LogP contribution in [0.15, 0.2) is 18.2 Å². The SMILES string of the molecule is COc1cc(C(=O)CCO)ccc1O. The number of aliphatic hydroxyl groups excluding tert-OH is 1. The van der Waals surface area contributed by atoms with E-state index in [0.29, 0.717) is 5.56 Å². The van der Waals surface area contributed by atoms with Crippen LogP contribution in [-0.2, 0) is 0 Å². The smallest absolute Gasteiger partial charge is 0.165 e. The number of hydrogen-bond acceptors (Lipinski definition) is 4. The highest BCUT2D eigenvalue weighted by Crippen LogP contribution is 2.26. The molecule has 0 amide bonds. The minimum Gasteiger partial charge on any atom is -0.504 e. The van der Waals surface area contributed by atoms with Crippen LogP contribution in [0.3, 0.4) is 0 Å². The Labute approximate surface area is 81.8 Å². The van der Waals surface area contributed by atoms with Gasteiger partial charge in [0.25, 0.3) is 0 Å². The number of methoxy groups -OCH3 is 1. The van der Waals surface area contributed by atoms with Crippen molar-refractivity contribution in [3.05, 3.63) is 23.8 Å². The maximum atomic E-state index is 11.3. The number of ketones is 1. The van der Waals surface area contributed by atoms with Gasteiger partial charge in [0.2, 0.25) is 0 Å². The van der Waals surface area contributed by atoms with E-state index in [0.717, 1.165) is 0 Å². The Morgan fingerprint density at radius 1 is 1.50 bits per heavy atom. The highest BCUT2D eigenvalue weighted by atomic mass is 16.5. The zero-order valence-corrected chi connectivity index (χ0v) is 7.86. The number of aliphatic hydroxyl groups is 1. The van der Waals surface area contributed by atoms with Crippen molar-refractivity contribution in [3.63, 3.8) is 0 Å². The minimum atomic E-state index is -0.179. The fourth-order valence-corrected chi connectivity index (χ4v) is 1.10. The molecule has 0 bridgehead atoms. The molecule has 0 aliphatic carbocycles. The Morgan fingerprint density at radius 2 is 2.21 bits per heavy atom. The maximum Gasteiger partial charge on any atom is 0.165 e. The van der Waals surface area contributed by atoms with Crippen molar-refractivity contribution in [1.82, 2.24) is 0 Å². The van der Waals surface area contributed by atoms with Crippen LogP contribution in [-0.4, -0.2) is 29.7 Å². The van der Waals surface area contributed by atoms with Crippen LogP contribution < -0.4 is 4.74 Å². The summed E-state index contributed by atoms with van der Waals surface area (Å²) in [5, 5.41) is 17.8. The largest absolute Gasteiger partial charge is 0.504 e. The van der Waals surface area contributed by atoms with Gasteiger partial charge in [-0.1, -0.05) is 0 Å². The number of Topliss-reactive ketones (excluding diaryl/α,β-unsaturated/α-hetero) is 1. The summed E-state index contributed by atoms with van der Waals surface area (Å²) >= 11 is 0. The van der Waals surface area contributed by atoms with Crippen molar-refractivity contribution in [2.45, 2.75) is 6.42 Å². The summed E-state index contributed by atoms with van der Waals surface area (Å²) in [5.74, 6) is 0.0765. The molecule has 1 aromatic rings. The van der Waals surface area contributed by atoms with Gasteiger partial charge in [-0.3, -0.25) is 4.79 Å². The highest BCUT2D eigenvalue weighted by molar-refractivity contribution is 5.96. The fraction of sp³-hybridized carbons (Fsp3) is 0.300. The normalized spacial score (nSPS) is 9.86. The van der Waals surface area contributed by atoms with Gasteiger partial charge in [0.05, 0.1) is 13.7 Å². The first-order valence-corrected chi connectivity index (χ1v) is 4.20. The van der Waals surface area contributed by atoms with Crippen molar-refractivity contribution in [3.8, 4) is 11.5 Å². The second-order valence-corrected chi connectivity index (χ2v) is 2.78. The molecule has 76 valence electrons. The van der Waals surface area contributed by atoms with E-state index in [-0.39, 0.29) is 30.3 Å². The molecule has 0 fully saturated rings. The van der Waals surface area contributed by atoms with Gasteiger partial charge < -0.3 is 14.9 Å². The van der Waals surface area contributed by atoms with Crippen LogP contribution in [0.1, 0.15) is 16.8 Å². The summed E-state index contributed by atoms with van der Waals surface area (Å²) in [5.41, 5.74) is 0.425. The average molecular weight is 196 g/mol. The van der Waals surface area contributed by atoms with E-state index in [4.69, 9.17) is 9.84 Å². The lowest BCUT2D eigenvalue weighted by Crippen LogP contribution is -2.01. The number of aromatic hydroxyl groups is 1. The summed E-state index contributed by atoms with van der Waals surface area (Å²) in [6.07, 6.45) is 0.0773. The first-order valence-electron chi connectivity index (χ1n) is 4.20. The van der Waals surface area contributed by atoms with Gasteiger partial charge in [-0.15, -0.1) is 0 Å². The van der Waals surface area contributed by atoms with E-state index in [2.05, 4.69) is 0 Å². The summed E-state index contributed by atoms with van der Waals surface area (Å²) < 4.78 is 4.85. The summed E-state index contributed by atoms with van der Waals surface area (Å²) in [6.45, 7) is -0.179. The van der Waals surface area contributed by atoms with E-state index < -0.39 is 0 Å². The lowest BCUT2D eigenvalue weighted by molar-refractivity contribution is 0.0956. The van der Waals surface area contributed by atoms with Gasteiger partial charge in [0.1, 0.15) is 0 Å². The molecule has 14 heavy (non-hydrogen) atoms. The van der Waals surface area contributed by atoms with E-state index in [9.17, 15) is 9.90 Å². The quantitative estimate of drug-likeness (QED) is 0.704. The van der Waals surface area contributed by atoms with E-state index in [1.165, 1.54) is 25.3 Å². The van der Waals surface area contributed by atoms with Crippen LogP contribution >= 0.6 is 0 Å². The average Bonchev–Trinajstić information content (AvgIpc) is 2.19. The number of rotatable bonds is 4. The van der Waals surface area contributed by atoms with Gasteiger partial charge in [-0.25, -0.2) is 0 Å². The van der Waals surface area contributed by atoms with Crippen molar-refractivity contribution < 1.29 is 19.7 Å². The van der Waals surface area contributed by atoms with Gasteiger partial charge in [-0.2, -0.15) is 0 Å². The molecule has 0 saturated heterocycles. The first-order chi connectivity index (χ1) is 6.69. The number of phenolic OH excluding ortho intramolecular Hbond substituents is 1. The number of carbonyl (C=O) groups is 1. The van der Waals surface area contributed by atoms with Crippen LogP contribution in [0.25, 0.3) is 0 Å². The second kappa shape index (κ2) is 4.62. The Balaban J connectivity index is 2.94. The van der Waals surface area contributed by atoms with E-state index in [1.807, 2.05) is 0 Å². The lowest BCUT2D eigenvalue weighted by Gasteiger charge is -2.05. The molecule has 1 rings (SSSR count). The number of phenols is 1. The topological polar surface area (TPSA) is 66.8 Å². The predicted molar refractivity (Wildman–Crippen MR) is 50.7 cm³/mol. The number of hydrogen-bond donors (Lipinski definition) is 2. The standard InChI is InChI=1S/C10H12O4/c1-14-10-6-7(2-3-9(10)13)8(12)4-5-11/h2-3,6,11,13H,4-5H2,1H3. The number of carbonyl (C=O) groups excluding carboxylic acids is 1. The van der Waals surface area contributed by atoms with Crippen molar-refractivity contribution >= 4 is 5.78 Å². The van der Waals surface area contributed by atoms with Crippen LogP contribution in [0.2, 0.25) is 0 Å². The molecule has 0 heterocycles. The Morgan fingerprint density at radius 3 is 2.79 bits per heavy atom. The third-order valence-electron chi connectivity index (χ3n) is 1.84. The van der Waals surface area contributed by atoms with Gasteiger partial charge in [0, 0.05) is 12.0 Å².